The van der Waals surface area contributed by atoms with Crippen molar-refractivity contribution in [2.24, 2.45) is 0 Å². The first-order valence-corrected chi connectivity index (χ1v) is 6.70. The third-order valence-corrected chi connectivity index (χ3v) is 3.63. The van der Waals surface area contributed by atoms with Crippen molar-refractivity contribution in [3.05, 3.63) is 44.8 Å². The predicted molar refractivity (Wildman–Crippen MR) is 77.2 cm³/mol. The highest BCUT2D eigenvalue weighted by atomic mass is 79.9. The quantitative estimate of drug-likeness (QED) is 0.947. The zero-order chi connectivity index (χ0) is 13.3. The first kappa shape index (κ1) is 13.0. The summed E-state index contributed by atoms with van der Waals surface area (Å²) in [6, 6.07) is 7.64. The second-order valence-electron chi connectivity index (χ2n) is 4.19. The largest absolute Gasteiger partial charge is 0.393 e. The second kappa shape index (κ2) is 5.02. The van der Waals surface area contributed by atoms with Crippen LogP contribution in [0, 0.1) is 6.92 Å². The molecule has 4 nitrogen and oxygen atoms in total. The van der Waals surface area contributed by atoms with Gasteiger partial charge in [0.15, 0.2) is 0 Å². The number of nitrogens with zero attached hydrogens (tertiary/aromatic N) is 2. The summed E-state index contributed by atoms with van der Waals surface area (Å²) in [6.07, 6.45) is 0.943. The first-order chi connectivity index (χ1) is 8.57. The van der Waals surface area contributed by atoms with E-state index in [1.54, 1.807) is 4.68 Å². The van der Waals surface area contributed by atoms with Gasteiger partial charge in [-0.1, -0.05) is 19.1 Å². The highest BCUT2D eigenvalue weighted by Crippen LogP contribution is 2.21. The van der Waals surface area contributed by atoms with Crippen molar-refractivity contribution in [2.75, 3.05) is 5.73 Å². The van der Waals surface area contributed by atoms with E-state index in [1.165, 1.54) is 0 Å². The van der Waals surface area contributed by atoms with Gasteiger partial charge in [-0.3, -0.25) is 9.48 Å². The van der Waals surface area contributed by atoms with Gasteiger partial charge >= 0.3 is 0 Å². The number of aromatic nitrogens is 2. The van der Waals surface area contributed by atoms with E-state index in [2.05, 4.69) is 22.9 Å². The fraction of sp³-hybridized carbons (Fsp3) is 0.308. The summed E-state index contributed by atoms with van der Waals surface area (Å²) in [7, 11) is 0. The normalized spacial score (nSPS) is 10.8. The van der Waals surface area contributed by atoms with E-state index in [-0.39, 0.29) is 5.56 Å². The number of halogens is 1. The Bertz CT molecular complexity index is 628. The molecule has 0 saturated carbocycles. The van der Waals surface area contributed by atoms with Crippen LogP contribution in [0.15, 0.2) is 33.5 Å². The number of hydrogen-bond donors (Lipinski definition) is 1. The lowest BCUT2D eigenvalue weighted by Crippen LogP contribution is -2.22. The van der Waals surface area contributed by atoms with Gasteiger partial charge in [-0.2, -0.15) is 0 Å². The van der Waals surface area contributed by atoms with Crippen molar-refractivity contribution in [1.82, 2.24) is 9.36 Å². The number of nitrogens with two attached hydrogens (primary N) is 1. The maximum absolute atomic E-state index is 12.2. The molecule has 2 N–H and O–H groups in total. The van der Waals surface area contributed by atoms with Crippen molar-refractivity contribution in [2.45, 2.75) is 26.8 Å². The van der Waals surface area contributed by atoms with Crippen molar-refractivity contribution in [3.8, 4) is 5.69 Å². The molecule has 0 saturated heterocycles. The molecule has 0 amide bonds. The molecule has 1 aromatic carbocycles. The Labute approximate surface area is 114 Å². The van der Waals surface area contributed by atoms with Crippen LogP contribution >= 0.6 is 15.9 Å². The molecule has 0 aliphatic rings. The summed E-state index contributed by atoms with van der Waals surface area (Å²) in [6.45, 7) is 4.71. The van der Waals surface area contributed by atoms with Gasteiger partial charge in [-0.05, 0) is 41.4 Å². The van der Waals surface area contributed by atoms with Crippen LogP contribution in [0.1, 0.15) is 19.0 Å². The Morgan fingerprint density at radius 3 is 2.61 bits per heavy atom. The fourth-order valence-electron chi connectivity index (χ4n) is 2.01. The zero-order valence-corrected chi connectivity index (χ0v) is 12.1. The fourth-order valence-corrected chi connectivity index (χ4v) is 2.46. The molecule has 0 radical (unpaired) electrons. The third-order valence-electron chi connectivity index (χ3n) is 2.96. The molecule has 1 heterocycles. The second-order valence-corrected chi connectivity index (χ2v) is 5.04. The summed E-state index contributed by atoms with van der Waals surface area (Å²) in [5.74, 6) is 0. The molecule has 0 aliphatic carbocycles. The zero-order valence-electron chi connectivity index (χ0n) is 10.5. The van der Waals surface area contributed by atoms with E-state index >= 15 is 0 Å². The molecule has 2 aromatic rings. The molecular weight excluding hydrogens is 294 g/mol. The van der Waals surface area contributed by atoms with Crippen LogP contribution in [-0.2, 0) is 6.54 Å². The van der Waals surface area contributed by atoms with Crippen LogP contribution in [0.3, 0.4) is 0 Å². The van der Waals surface area contributed by atoms with Gasteiger partial charge in [0, 0.05) is 11.0 Å². The maximum Gasteiger partial charge on any atom is 0.294 e. The van der Waals surface area contributed by atoms with Crippen molar-refractivity contribution in [3.63, 3.8) is 0 Å². The van der Waals surface area contributed by atoms with Gasteiger partial charge < -0.3 is 5.73 Å². The lowest BCUT2D eigenvalue weighted by molar-refractivity contribution is 0.523. The molecule has 0 spiro atoms. The highest BCUT2D eigenvalue weighted by molar-refractivity contribution is 9.10. The molecule has 96 valence electrons. The third kappa shape index (κ3) is 1.99. The van der Waals surface area contributed by atoms with E-state index in [4.69, 9.17) is 5.73 Å². The maximum atomic E-state index is 12.2. The van der Waals surface area contributed by atoms with E-state index in [9.17, 15) is 4.79 Å². The molecule has 2 rings (SSSR count). The van der Waals surface area contributed by atoms with Gasteiger partial charge in [0.1, 0.15) is 5.69 Å². The van der Waals surface area contributed by atoms with Crippen molar-refractivity contribution in [1.29, 1.82) is 0 Å². The summed E-state index contributed by atoms with van der Waals surface area (Å²) in [4.78, 5) is 12.2. The standard InChI is InChI=1S/C13H16BrN3O/c1-3-8-16-9(2)12(15)13(18)17(16)11-7-5-4-6-10(11)14/h4-7H,3,8,15H2,1-2H3. The van der Waals surface area contributed by atoms with Crippen LogP contribution in [0.5, 0.6) is 0 Å². The van der Waals surface area contributed by atoms with Crippen LogP contribution in [0.2, 0.25) is 0 Å². The minimum Gasteiger partial charge on any atom is -0.393 e. The van der Waals surface area contributed by atoms with Gasteiger partial charge in [0.2, 0.25) is 0 Å². The van der Waals surface area contributed by atoms with Crippen LogP contribution < -0.4 is 11.3 Å². The van der Waals surface area contributed by atoms with Crippen LogP contribution in [0.4, 0.5) is 5.69 Å². The smallest absolute Gasteiger partial charge is 0.294 e. The van der Waals surface area contributed by atoms with Gasteiger partial charge in [0.05, 0.1) is 11.4 Å². The van der Waals surface area contributed by atoms with Gasteiger partial charge in [0.25, 0.3) is 5.56 Å². The Hall–Kier alpha value is -1.49. The Kier molecular flexibility index (Phi) is 3.61. The number of para-hydroxylation sites is 1. The monoisotopic (exact) mass is 309 g/mol. The summed E-state index contributed by atoms with van der Waals surface area (Å²) in [5.41, 5.74) is 7.64. The van der Waals surface area contributed by atoms with Gasteiger partial charge in [-0.25, -0.2) is 4.68 Å². The lowest BCUT2D eigenvalue weighted by Gasteiger charge is -2.13. The number of anilines is 1. The highest BCUT2D eigenvalue weighted by Gasteiger charge is 2.16. The number of hydrogen-bond acceptors (Lipinski definition) is 2. The molecule has 0 bridgehead atoms. The van der Waals surface area contributed by atoms with Crippen LogP contribution in [0.25, 0.3) is 5.69 Å². The number of rotatable bonds is 3. The Morgan fingerprint density at radius 2 is 2.00 bits per heavy atom. The number of nitrogen functional groups attached to an aromatic ring is 1. The average molecular weight is 310 g/mol. The van der Waals surface area contributed by atoms with E-state index in [0.29, 0.717) is 5.69 Å². The topological polar surface area (TPSA) is 52.9 Å². The minimum atomic E-state index is -0.159. The minimum absolute atomic E-state index is 0.159. The molecule has 18 heavy (non-hydrogen) atoms. The molecule has 1 aromatic heterocycles. The van der Waals surface area contributed by atoms with Crippen molar-refractivity contribution < 1.29 is 0 Å². The van der Waals surface area contributed by atoms with E-state index < -0.39 is 0 Å². The summed E-state index contributed by atoms with van der Waals surface area (Å²) in [5, 5.41) is 0. The SMILES string of the molecule is CCCn1c(C)c(N)c(=O)n1-c1ccccc1Br. The van der Waals surface area contributed by atoms with E-state index in [0.717, 1.165) is 28.8 Å². The molecule has 0 unspecified atom stereocenters. The van der Waals surface area contributed by atoms with E-state index in [1.807, 2.05) is 35.9 Å². The Morgan fingerprint density at radius 1 is 1.33 bits per heavy atom. The summed E-state index contributed by atoms with van der Waals surface area (Å²) < 4.78 is 4.44. The van der Waals surface area contributed by atoms with Crippen LogP contribution in [-0.4, -0.2) is 9.36 Å². The molecule has 0 atom stereocenters. The summed E-state index contributed by atoms with van der Waals surface area (Å²) >= 11 is 3.47. The van der Waals surface area contributed by atoms with Crippen molar-refractivity contribution >= 4 is 21.6 Å². The predicted octanol–water partition coefficient (Wildman–Crippen LogP) is 2.70. The molecular formula is C13H16BrN3O. The lowest BCUT2D eigenvalue weighted by atomic mass is 10.3. The molecule has 5 heteroatoms. The van der Waals surface area contributed by atoms with Gasteiger partial charge in [-0.15, -0.1) is 0 Å². The first-order valence-electron chi connectivity index (χ1n) is 5.90. The molecule has 0 aliphatic heterocycles. The number of benzene rings is 1. The average Bonchev–Trinajstić information content (AvgIpc) is 2.56. The molecule has 0 fully saturated rings. The Balaban J connectivity index is 2.75.